The second kappa shape index (κ2) is 7.12. The van der Waals surface area contributed by atoms with Gasteiger partial charge in [0.1, 0.15) is 5.82 Å². The maximum atomic E-state index is 4.48. The number of aromatic nitrogens is 2. The molecule has 4 nitrogen and oxygen atoms in total. The van der Waals surface area contributed by atoms with Crippen molar-refractivity contribution in [3.63, 3.8) is 0 Å². The Morgan fingerprint density at radius 3 is 2.60 bits per heavy atom. The lowest BCUT2D eigenvalue weighted by atomic mass is 9.68. The van der Waals surface area contributed by atoms with E-state index in [0.29, 0.717) is 11.3 Å². The molecule has 4 heteroatoms. The second-order valence-electron chi connectivity index (χ2n) is 7.69. The Morgan fingerprint density at radius 1 is 1.12 bits per heavy atom. The summed E-state index contributed by atoms with van der Waals surface area (Å²) in [4.78, 5) is 13.8. The quantitative estimate of drug-likeness (QED) is 0.858. The molecule has 0 unspecified atom stereocenters. The zero-order valence-electron chi connectivity index (χ0n) is 15.1. The minimum Gasteiger partial charge on any atom is -0.355 e. The number of hydrogen-bond donors (Lipinski definition) is 0. The number of nitrogens with zero attached hydrogens (tertiary/aromatic N) is 4. The summed E-state index contributed by atoms with van der Waals surface area (Å²) in [5, 5.41) is 0. The van der Waals surface area contributed by atoms with Gasteiger partial charge in [0.2, 0.25) is 0 Å². The summed E-state index contributed by atoms with van der Waals surface area (Å²) in [5.41, 5.74) is 1.96. The molecule has 4 rings (SSSR count). The van der Waals surface area contributed by atoms with Crippen molar-refractivity contribution >= 4 is 5.82 Å². The van der Waals surface area contributed by atoms with E-state index in [2.05, 4.69) is 57.0 Å². The maximum Gasteiger partial charge on any atom is 0.147 e. The van der Waals surface area contributed by atoms with E-state index < -0.39 is 0 Å². The van der Waals surface area contributed by atoms with Crippen molar-refractivity contribution in [3.05, 3.63) is 54.5 Å². The molecule has 0 radical (unpaired) electrons. The van der Waals surface area contributed by atoms with Crippen LogP contribution in [-0.2, 0) is 0 Å². The highest BCUT2D eigenvalue weighted by molar-refractivity contribution is 5.36. The molecule has 0 aliphatic carbocycles. The summed E-state index contributed by atoms with van der Waals surface area (Å²) in [6.45, 7) is 8.10. The highest BCUT2D eigenvalue weighted by Crippen LogP contribution is 2.45. The second-order valence-corrected chi connectivity index (χ2v) is 7.69. The fourth-order valence-electron chi connectivity index (χ4n) is 4.72. The molecule has 25 heavy (non-hydrogen) atoms. The molecule has 1 spiro atoms. The third-order valence-corrected chi connectivity index (χ3v) is 6.13. The number of anilines is 1. The van der Waals surface area contributed by atoms with Crippen molar-refractivity contribution in [1.82, 2.24) is 14.9 Å². The Bertz CT molecular complexity index is 665. The van der Waals surface area contributed by atoms with Gasteiger partial charge < -0.3 is 9.80 Å². The van der Waals surface area contributed by atoms with Crippen LogP contribution in [0.4, 0.5) is 5.82 Å². The average Bonchev–Trinajstić information content (AvgIpc) is 2.69. The van der Waals surface area contributed by atoms with Crippen LogP contribution < -0.4 is 4.90 Å². The largest absolute Gasteiger partial charge is 0.355 e. The van der Waals surface area contributed by atoms with Gasteiger partial charge in [-0.3, -0.25) is 4.98 Å². The topological polar surface area (TPSA) is 32.3 Å². The SMILES string of the molecule is CCN1C[C@H](c2ccccc2)CC2(CCN(c3cnccn3)CC2)C1. The van der Waals surface area contributed by atoms with Crippen LogP contribution in [0, 0.1) is 5.41 Å². The molecule has 0 bridgehead atoms. The van der Waals surface area contributed by atoms with Gasteiger partial charge >= 0.3 is 0 Å². The Morgan fingerprint density at radius 2 is 1.92 bits per heavy atom. The first-order valence-corrected chi connectivity index (χ1v) is 9.56. The van der Waals surface area contributed by atoms with Gasteiger partial charge in [0, 0.05) is 38.6 Å². The highest BCUT2D eigenvalue weighted by atomic mass is 15.2. The van der Waals surface area contributed by atoms with E-state index in [4.69, 9.17) is 0 Å². The van der Waals surface area contributed by atoms with Crippen LogP contribution in [0.3, 0.4) is 0 Å². The van der Waals surface area contributed by atoms with Gasteiger partial charge in [-0.25, -0.2) is 4.98 Å². The van der Waals surface area contributed by atoms with E-state index in [1.54, 1.807) is 12.4 Å². The first-order valence-electron chi connectivity index (χ1n) is 9.56. The predicted molar refractivity (Wildman–Crippen MR) is 102 cm³/mol. The molecule has 2 fully saturated rings. The minimum absolute atomic E-state index is 0.452. The van der Waals surface area contributed by atoms with Crippen molar-refractivity contribution in [3.8, 4) is 0 Å². The third-order valence-electron chi connectivity index (χ3n) is 6.13. The summed E-state index contributed by atoms with van der Waals surface area (Å²) < 4.78 is 0. The molecule has 0 saturated carbocycles. The van der Waals surface area contributed by atoms with E-state index in [0.717, 1.165) is 25.5 Å². The summed E-state index contributed by atoms with van der Waals surface area (Å²) in [6.07, 6.45) is 9.27. The molecule has 0 N–H and O–H groups in total. The molecule has 132 valence electrons. The van der Waals surface area contributed by atoms with Gasteiger partial charge in [-0.05, 0) is 42.7 Å². The number of likely N-dealkylation sites (N-methyl/N-ethyl adjacent to an activating group) is 1. The standard InChI is InChI=1S/C21H28N4/c1-2-24-16-19(18-6-4-3-5-7-18)14-21(17-24)8-12-25(13-9-21)20-15-22-10-11-23-20/h3-7,10-11,15,19H,2,8-9,12-14,16-17H2,1H3/t19-/m1/s1. The molecule has 2 aromatic rings. The van der Waals surface area contributed by atoms with Gasteiger partial charge in [-0.2, -0.15) is 0 Å². The zero-order chi connectivity index (χ0) is 17.1. The molecule has 3 heterocycles. The van der Waals surface area contributed by atoms with Crippen molar-refractivity contribution in [2.75, 3.05) is 37.6 Å². The number of benzene rings is 1. The normalized spacial score (nSPS) is 23.7. The van der Waals surface area contributed by atoms with Crippen molar-refractivity contribution in [2.45, 2.75) is 32.1 Å². The Labute approximate surface area is 150 Å². The average molecular weight is 336 g/mol. The van der Waals surface area contributed by atoms with Crippen LogP contribution in [0.25, 0.3) is 0 Å². The Balaban J connectivity index is 1.49. The van der Waals surface area contributed by atoms with E-state index in [1.165, 1.54) is 37.9 Å². The number of piperidine rings is 2. The van der Waals surface area contributed by atoms with Crippen LogP contribution in [0.1, 0.15) is 37.7 Å². The molecule has 1 atom stereocenters. The van der Waals surface area contributed by atoms with Gasteiger partial charge in [0.25, 0.3) is 0 Å². The van der Waals surface area contributed by atoms with Gasteiger partial charge in [-0.15, -0.1) is 0 Å². The lowest BCUT2D eigenvalue weighted by Gasteiger charge is -2.50. The molecule has 2 aliphatic rings. The molecule has 1 aromatic heterocycles. The van der Waals surface area contributed by atoms with Crippen molar-refractivity contribution in [2.24, 2.45) is 5.41 Å². The lowest BCUT2D eigenvalue weighted by molar-refractivity contribution is 0.0543. The summed E-state index contributed by atoms with van der Waals surface area (Å²) in [5.74, 6) is 1.69. The number of likely N-dealkylation sites (tertiary alicyclic amines) is 1. The molecule has 2 saturated heterocycles. The minimum atomic E-state index is 0.452. The lowest BCUT2D eigenvalue weighted by Crippen LogP contribution is -2.51. The van der Waals surface area contributed by atoms with Crippen LogP contribution in [-0.4, -0.2) is 47.6 Å². The third kappa shape index (κ3) is 3.54. The molecular weight excluding hydrogens is 308 g/mol. The summed E-state index contributed by atoms with van der Waals surface area (Å²) in [6, 6.07) is 11.1. The molecule has 0 amide bonds. The summed E-state index contributed by atoms with van der Waals surface area (Å²) >= 11 is 0. The van der Waals surface area contributed by atoms with E-state index in [-0.39, 0.29) is 0 Å². The monoisotopic (exact) mass is 336 g/mol. The first kappa shape index (κ1) is 16.5. The number of hydrogen-bond acceptors (Lipinski definition) is 4. The Kier molecular flexibility index (Phi) is 4.71. The Hall–Kier alpha value is -1.94. The van der Waals surface area contributed by atoms with Crippen LogP contribution in [0.5, 0.6) is 0 Å². The predicted octanol–water partition coefficient (Wildman–Crippen LogP) is 3.57. The first-order chi connectivity index (χ1) is 12.3. The van der Waals surface area contributed by atoms with E-state index >= 15 is 0 Å². The zero-order valence-corrected chi connectivity index (χ0v) is 15.1. The van der Waals surface area contributed by atoms with Gasteiger partial charge in [0.15, 0.2) is 0 Å². The fraction of sp³-hybridized carbons (Fsp3) is 0.524. The van der Waals surface area contributed by atoms with E-state index in [9.17, 15) is 0 Å². The maximum absolute atomic E-state index is 4.48. The van der Waals surface area contributed by atoms with Crippen LogP contribution in [0.15, 0.2) is 48.9 Å². The smallest absolute Gasteiger partial charge is 0.147 e. The summed E-state index contributed by atoms with van der Waals surface area (Å²) in [7, 11) is 0. The van der Waals surface area contributed by atoms with Crippen LogP contribution in [0.2, 0.25) is 0 Å². The van der Waals surface area contributed by atoms with E-state index in [1.807, 2.05) is 6.20 Å². The van der Waals surface area contributed by atoms with Crippen LogP contribution >= 0.6 is 0 Å². The van der Waals surface area contributed by atoms with Gasteiger partial charge in [0.05, 0.1) is 6.20 Å². The molecule has 2 aliphatic heterocycles. The molecule has 1 aromatic carbocycles. The molecular formula is C21H28N4. The van der Waals surface area contributed by atoms with Gasteiger partial charge in [-0.1, -0.05) is 37.3 Å². The fourth-order valence-corrected chi connectivity index (χ4v) is 4.72. The number of rotatable bonds is 3. The van der Waals surface area contributed by atoms with Crippen molar-refractivity contribution < 1.29 is 0 Å². The highest BCUT2D eigenvalue weighted by Gasteiger charge is 2.42. The van der Waals surface area contributed by atoms with Crippen molar-refractivity contribution in [1.29, 1.82) is 0 Å².